The first-order valence-electron chi connectivity index (χ1n) is 34.8. The van der Waals surface area contributed by atoms with Crippen LogP contribution in [0, 0.1) is 32.3 Å². The van der Waals surface area contributed by atoms with Gasteiger partial charge in [0, 0.05) is 82.2 Å². The second-order valence-electron chi connectivity index (χ2n) is 25.7. The largest absolute Gasteiger partial charge is 0.249 e. The van der Waals surface area contributed by atoms with Crippen LogP contribution in [0.4, 0.5) is 0 Å². The van der Waals surface area contributed by atoms with Crippen LogP contribution in [0.5, 0.6) is 0 Å². The van der Waals surface area contributed by atoms with E-state index in [0.29, 0.717) is 0 Å². The maximum absolute atomic E-state index is 4.02. The van der Waals surface area contributed by atoms with Crippen LogP contribution in [-0.2, 0) is 5.41 Å². The second-order valence-corrected chi connectivity index (χ2v) is 44.7. The molecule has 17 aromatic rings. The Morgan fingerprint density at radius 3 is 1.05 bits per heavy atom. The molecule has 20 heteroatoms. The molecular weight excluding hydrogens is 3030 g/mol. The van der Waals surface area contributed by atoms with Crippen molar-refractivity contribution in [2.75, 3.05) is 0 Å². The van der Waals surface area contributed by atoms with E-state index < -0.39 is 0 Å². The van der Waals surface area contributed by atoms with Gasteiger partial charge >= 0.3 is 0 Å². The molecule has 0 spiro atoms. The minimum Gasteiger partial charge on any atom is -0.249 e. The molecule has 1 aliphatic carbocycles. The summed E-state index contributed by atoms with van der Waals surface area (Å²) in [5.74, 6) is 0. The third-order valence-corrected chi connectivity index (χ3v) is 28.5. The first-order chi connectivity index (χ1) is 55.1. The topological polar surface area (TPSA) is 25.8 Å². The SMILES string of the molecule is Brc1ccc(-c2ccc(-c3ccc(I)cc3)cc2)cc1.Brc1ccc(-c2ccc(I)cc2)cc1.Brc1ccc(I)c2ccccc12.Brc1ccc(I)cc1.Brc1ccc(I)cn1.Brc1ccc(I)nc1.Brc1ccc2c(ccc3cc(I)ccc32)c1.Brc1ccc2cc(I)ccc2c1.CC1(C)c2cc(Br)ccc2-c2ccc(I)cc21. The summed E-state index contributed by atoms with van der Waals surface area (Å²) >= 11 is 51.5. The molecule has 2 aromatic heterocycles. The van der Waals surface area contributed by atoms with Crippen molar-refractivity contribution in [2.24, 2.45) is 0 Å². The Hall–Kier alpha value is -1.47. The molecule has 0 saturated heterocycles. The van der Waals surface area contributed by atoms with Crippen molar-refractivity contribution in [1.29, 1.82) is 0 Å². The van der Waals surface area contributed by atoms with Crippen LogP contribution in [0.1, 0.15) is 25.0 Å². The molecule has 0 bridgehead atoms. The normalized spacial score (nSPS) is 11.0. The highest BCUT2D eigenvalue weighted by Gasteiger charge is 2.35. The van der Waals surface area contributed by atoms with E-state index in [2.05, 4.69) is 662 Å². The van der Waals surface area contributed by atoms with Crippen molar-refractivity contribution < 1.29 is 0 Å². The number of nitrogens with zero attached hydrogens (tertiary/aromatic N) is 2. The zero-order valence-electron chi connectivity index (χ0n) is 60.5. The first kappa shape index (κ1) is 95.8. The van der Waals surface area contributed by atoms with E-state index in [1.807, 2.05) is 42.6 Å². The number of pyridine rings is 2. The Kier molecular flexibility index (Phi) is 40.1. The van der Waals surface area contributed by atoms with Crippen LogP contribution in [0.2, 0.25) is 0 Å². The van der Waals surface area contributed by atoms with Gasteiger partial charge in [-0.2, -0.15) is 0 Å². The van der Waals surface area contributed by atoms with Gasteiger partial charge in [-0.1, -0.05) is 271 Å². The molecule has 0 fully saturated rings. The quantitative estimate of drug-likeness (QED) is 0.100. The van der Waals surface area contributed by atoms with Gasteiger partial charge in [-0.25, -0.2) is 9.97 Å². The van der Waals surface area contributed by atoms with Gasteiger partial charge in [0.15, 0.2) is 0 Å². The van der Waals surface area contributed by atoms with Gasteiger partial charge in [0.2, 0.25) is 0 Å². The highest BCUT2D eigenvalue weighted by Crippen LogP contribution is 2.50. The number of hydrogen-bond donors (Lipinski definition) is 0. The van der Waals surface area contributed by atoms with E-state index >= 15 is 0 Å². The summed E-state index contributed by atoms with van der Waals surface area (Å²) in [6, 6.07) is 115. The van der Waals surface area contributed by atoms with Crippen LogP contribution in [-0.4, -0.2) is 9.97 Å². The van der Waals surface area contributed by atoms with Crippen molar-refractivity contribution in [3.63, 3.8) is 0 Å². The summed E-state index contributed by atoms with van der Waals surface area (Å²) in [7, 11) is 0. The van der Waals surface area contributed by atoms with Crippen molar-refractivity contribution in [3.05, 3.63) is 424 Å². The van der Waals surface area contributed by atoms with Gasteiger partial charge in [0.1, 0.15) is 8.30 Å². The average Bonchev–Trinajstić information content (AvgIpc) is 1.61. The summed E-state index contributed by atoms with van der Waals surface area (Å²) in [5.41, 5.74) is 13.2. The Balaban J connectivity index is 0.000000139. The fraction of sp³-hybridized carbons (Fsp3) is 0.0316. The lowest BCUT2D eigenvalue weighted by Crippen LogP contribution is -2.15. The minimum absolute atomic E-state index is 0.107. The highest BCUT2D eigenvalue weighted by atomic mass is 127. The molecule has 115 heavy (non-hydrogen) atoms. The van der Waals surface area contributed by atoms with E-state index in [4.69, 9.17) is 0 Å². The number of halogens is 18. The second kappa shape index (κ2) is 48.1. The third-order valence-electron chi connectivity index (χ3n) is 17.4. The maximum atomic E-state index is 4.02. The van der Waals surface area contributed by atoms with E-state index in [1.165, 1.54) is 128 Å². The molecule has 1 aliphatic rings. The molecule has 0 aliphatic heterocycles. The van der Waals surface area contributed by atoms with Crippen LogP contribution >= 0.6 is 347 Å². The van der Waals surface area contributed by atoms with Crippen molar-refractivity contribution in [3.8, 4) is 44.5 Å². The third kappa shape index (κ3) is 30.2. The van der Waals surface area contributed by atoms with E-state index in [0.717, 1.165) is 43.2 Å². The summed E-state index contributed by atoms with van der Waals surface area (Å²) < 4.78 is 21.0. The molecule has 578 valence electrons. The van der Waals surface area contributed by atoms with Crippen LogP contribution in [0.15, 0.2) is 380 Å². The number of rotatable bonds is 3. The number of hydrogen-bond acceptors (Lipinski definition) is 2. The Labute approximate surface area is 872 Å². The Morgan fingerprint density at radius 1 is 0.235 bits per heavy atom. The van der Waals surface area contributed by atoms with E-state index in [-0.39, 0.29) is 5.41 Å². The fourth-order valence-corrected chi connectivity index (χ4v) is 18.4. The average molecular weight is 3090 g/mol. The lowest BCUT2D eigenvalue weighted by Gasteiger charge is -2.21. The molecule has 2 nitrogen and oxygen atoms in total. The highest BCUT2D eigenvalue weighted by molar-refractivity contribution is 14.1. The Bertz CT molecular complexity index is 5600. The van der Waals surface area contributed by atoms with Crippen molar-refractivity contribution in [2.45, 2.75) is 19.3 Å². The molecule has 0 saturated carbocycles. The summed E-state index contributed by atoms with van der Waals surface area (Å²) in [4.78, 5) is 8.01. The maximum Gasteiger partial charge on any atom is 0.106 e. The molecule has 2 heterocycles. The van der Waals surface area contributed by atoms with Crippen LogP contribution in [0.25, 0.3) is 87.6 Å². The molecule has 0 amide bonds. The van der Waals surface area contributed by atoms with Gasteiger partial charge < -0.3 is 0 Å². The van der Waals surface area contributed by atoms with Gasteiger partial charge in [0.05, 0.1) is 0 Å². The molecule has 0 radical (unpaired) electrons. The summed E-state index contributed by atoms with van der Waals surface area (Å²) in [6.45, 7) is 4.61. The summed E-state index contributed by atoms with van der Waals surface area (Å²) in [6.07, 6.45) is 3.59. The lowest BCUT2D eigenvalue weighted by molar-refractivity contribution is 0.659. The van der Waals surface area contributed by atoms with Crippen molar-refractivity contribution >= 4 is 390 Å². The smallest absolute Gasteiger partial charge is 0.106 e. The van der Waals surface area contributed by atoms with Gasteiger partial charge in [-0.3, -0.25) is 0 Å². The summed E-state index contributed by atoms with van der Waals surface area (Å²) in [5, 5.41) is 10.4. The fourth-order valence-electron chi connectivity index (χ4n) is 11.7. The number of benzene rings is 15. The number of fused-ring (bicyclic) bond motifs is 8. The standard InChI is InChI=1S/C18H12BrI.C15H12BrI.C14H8BrI.C12H8BrI.2C10H6BrI.C6H4BrI.2C5H3BrIN/c19-17-9-5-15(6-10-17)13-1-3-14(4-2-13)16-7-11-18(20)12-8-16;1-15(2)13-7-9(16)3-5-11(13)12-6-4-10(17)8-14(12)15;15-11-3-5-13-9(7-11)1-2-10-8-12(16)4-6-14(10)13;13-11-5-1-9(2-6-11)10-3-7-12(14)8-4-10;11-9-3-1-8-6-10(12)4-2-7(8)5-9;11-9-5-6-10(12)8-4-2-1-3-7(8)9;7-5-1-3-6(8)4-2-5;6-5-2-1-4(7)3-8-5;6-4-1-2-5(7)8-3-4/h1-12H;3-8H,1-2H3;1-8H;1-8H;2*1-6H;1-4H;2*1-3H. The molecule has 18 rings (SSSR count). The zero-order valence-corrected chi connectivity index (χ0v) is 94.2. The predicted octanol–water partition coefficient (Wildman–Crippen LogP) is 38.2. The molecule has 0 unspecified atom stereocenters. The minimum atomic E-state index is 0.107. The monoisotopic (exact) mass is 3080 g/mol. The van der Waals surface area contributed by atoms with Crippen LogP contribution < -0.4 is 0 Å². The molecular formula is C95H62Br9I9N2. The van der Waals surface area contributed by atoms with Gasteiger partial charge in [0.25, 0.3) is 0 Å². The molecule has 0 atom stereocenters. The lowest BCUT2D eigenvalue weighted by atomic mass is 9.82. The van der Waals surface area contributed by atoms with E-state index in [9.17, 15) is 0 Å². The zero-order chi connectivity index (χ0) is 82.3. The predicted molar refractivity (Wildman–Crippen MR) is 601 cm³/mol. The van der Waals surface area contributed by atoms with Crippen LogP contribution in [0.3, 0.4) is 0 Å². The first-order valence-corrected chi connectivity index (χ1v) is 51.6. The molecule has 15 aromatic carbocycles. The van der Waals surface area contributed by atoms with Gasteiger partial charge in [-0.15, -0.1) is 0 Å². The van der Waals surface area contributed by atoms with Crippen molar-refractivity contribution in [1.82, 2.24) is 9.97 Å². The molecule has 0 N–H and O–H groups in total. The van der Waals surface area contributed by atoms with Gasteiger partial charge in [-0.05, 0) is 516 Å². The number of aromatic nitrogens is 2. The van der Waals surface area contributed by atoms with E-state index in [1.54, 1.807) is 6.20 Å². The Morgan fingerprint density at radius 2 is 0.574 bits per heavy atom.